The number of nitrogens with two attached hydrogens (primary N) is 1. The Morgan fingerprint density at radius 3 is 2.45 bits per heavy atom. The minimum atomic E-state index is 0.348. The van der Waals surface area contributed by atoms with Gasteiger partial charge in [-0.2, -0.15) is 0 Å². The molecular formula is C9H10N2. The van der Waals surface area contributed by atoms with Crippen LogP contribution < -0.4 is 5.73 Å². The number of nitrogens with one attached hydrogen (secondary N) is 1. The van der Waals surface area contributed by atoms with Gasteiger partial charge in [0, 0.05) is 0 Å². The average molecular weight is 146 g/mol. The van der Waals surface area contributed by atoms with Crippen LogP contribution in [0.5, 0.6) is 0 Å². The third kappa shape index (κ3) is 2.26. The molecule has 0 unspecified atom stereocenters. The summed E-state index contributed by atoms with van der Waals surface area (Å²) in [5.74, 6) is 0. The molecule has 2 heteroatoms. The number of rotatable bonds is 0. The summed E-state index contributed by atoms with van der Waals surface area (Å²) in [6.45, 7) is 0. The molecule has 0 amide bonds. The van der Waals surface area contributed by atoms with Gasteiger partial charge in [-0.1, -0.05) is 30.4 Å². The molecular weight excluding hydrogens is 136 g/mol. The average Bonchev–Trinajstić information content (AvgIpc) is 2.07. The van der Waals surface area contributed by atoms with Crippen LogP contribution in [0.25, 0.3) is 0 Å². The van der Waals surface area contributed by atoms with Gasteiger partial charge >= 0.3 is 0 Å². The van der Waals surface area contributed by atoms with Crippen molar-refractivity contribution in [3.05, 3.63) is 48.2 Å². The van der Waals surface area contributed by atoms with Gasteiger partial charge in [0.15, 0.2) is 0 Å². The lowest BCUT2D eigenvalue weighted by molar-refractivity contribution is 1.41. The van der Waals surface area contributed by atoms with Gasteiger partial charge in [-0.15, -0.1) is 0 Å². The van der Waals surface area contributed by atoms with Gasteiger partial charge in [0.25, 0.3) is 0 Å². The van der Waals surface area contributed by atoms with E-state index in [1.807, 2.05) is 24.3 Å². The van der Waals surface area contributed by atoms with Crippen LogP contribution in [0.3, 0.4) is 0 Å². The van der Waals surface area contributed by atoms with Crippen LogP contribution >= 0.6 is 0 Å². The third-order valence-corrected chi connectivity index (χ3v) is 1.29. The molecule has 0 saturated heterocycles. The van der Waals surface area contributed by atoms with E-state index in [-0.39, 0.29) is 0 Å². The molecule has 0 radical (unpaired) electrons. The maximum absolute atomic E-state index is 7.38. The first-order valence-corrected chi connectivity index (χ1v) is 3.37. The van der Waals surface area contributed by atoms with E-state index in [0.29, 0.717) is 11.4 Å². The van der Waals surface area contributed by atoms with Crippen molar-refractivity contribution in [3.8, 4) is 0 Å². The normalized spacial score (nSPS) is 30.5. The van der Waals surface area contributed by atoms with E-state index in [0.717, 1.165) is 0 Å². The van der Waals surface area contributed by atoms with E-state index in [9.17, 15) is 0 Å². The zero-order valence-electron chi connectivity index (χ0n) is 6.12. The van der Waals surface area contributed by atoms with Crippen LogP contribution in [0.1, 0.15) is 0 Å². The molecule has 0 aliphatic heterocycles. The maximum atomic E-state index is 7.38. The summed E-state index contributed by atoms with van der Waals surface area (Å²) < 4.78 is 0. The summed E-state index contributed by atoms with van der Waals surface area (Å²) in [7, 11) is 0. The number of hydrogen-bond donors (Lipinski definition) is 2. The van der Waals surface area contributed by atoms with Crippen molar-refractivity contribution >= 4 is 5.71 Å². The van der Waals surface area contributed by atoms with Crippen molar-refractivity contribution in [2.45, 2.75) is 0 Å². The fraction of sp³-hybridized carbons (Fsp3) is 0. The first-order valence-electron chi connectivity index (χ1n) is 3.37. The highest BCUT2D eigenvalue weighted by atomic mass is 14.6. The SMILES string of the molecule is N=C1\C=C/C=C\C=C/C=C\1N. The van der Waals surface area contributed by atoms with Crippen molar-refractivity contribution in [1.82, 2.24) is 0 Å². The first-order chi connectivity index (χ1) is 5.30. The van der Waals surface area contributed by atoms with Crippen molar-refractivity contribution < 1.29 is 0 Å². The van der Waals surface area contributed by atoms with Gasteiger partial charge < -0.3 is 5.73 Å². The summed E-state index contributed by atoms with van der Waals surface area (Å²) in [4.78, 5) is 0. The van der Waals surface area contributed by atoms with Gasteiger partial charge in [-0.3, -0.25) is 5.41 Å². The van der Waals surface area contributed by atoms with Crippen molar-refractivity contribution in [2.24, 2.45) is 5.73 Å². The van der Waals surface area contributed by atoms with Gasteiger partial charge in [-0.05, 0) is 12.2 Å². The molecule has 0 atom stereocenters. The maximum Gasteiger partial charge on any atom is 0.0769 e. The highest BCUT2D eigenvalue weighted by Gasteiger charge is 1.92. The second kappa shape index (κ2) is 3.56. The molecule has 3 N–H and O–H groups in total. The van der Waals surface area contributed by atoms with Crippen LogP contribution in [-0.2, 0) is 0 Å². The van der Waals surface area contributed by atoms with E-state index in [4.69, 9.17) is 11.1 Å². The van der Waals surface area contributed by atoms with Crippen molar-refractivity contribution in [2.75, 3.05) is 0 Å². The molecule has 1 aliphatic carbocycles. The molecule has 1 rings (SSSR count). The second-order valence-electron chi connectivity index (χ2n) is 2.16. The highest BCUT2D eigenvalue weighted by Crippen LogP contribution is 1.94. The van der Waals surface area contributed by atoms with Crippen LogP contribution in [0.4, 0.5) is 0 Å². The summed E-state index contributed by atoms with van der Waals surface area (Å²) >= 11 is 0. The fourth-order valence-corrected chi connectivity index (χ4v) is 0.689. The Labute approximate surface area is 65.9 Å². The zero-order valence-corrected chi connectivity index (χ0v) is 6.12. The topological polar surface area (TPSA) is 49.9 Å². The van der Waals surface area contributed by atoms with Gasteiger partial charge in [0.1, 0.15) is 0 Å². The lowest BCUT2D eigenvalue weighted by atomic mass is 10.2. The standard InChI is InChI=1S/C9H10N2/c10-8-6-4-2-1-3-5-7-9(8)11/h1-7,10H,11H2/b2-1-,5-3-,6-4-,9-7+,10-8?. The van der Waals surface area contributed by atoms with Crippen LogP contribution in [-0.4, -0.2) is 5.71 Å². The van der Waals surface area contributed by atoms with Crippen LogP contribution in [0, 0.1) is 5.41 Å². The predicted molar refractivity (Wildman–Crippen MR) is 47.4 cm³/mol. The Bertz CT molecular complexity index is 267. The Balaban J connectivity index is 2.92. The minimum absolute atomic E-state index is 0.348. The largest absolute Gasteiger partial charge is 0.397 e. The molecule has 0 aromatic heterocycles. The van der Waals surface area contributed by atoms with Gasteiger partial charge in [0.05, 0.1) is 11.4 Å². The second-order valence-corrected chi connectivity index (χ2v) is 2.16. The third-order valence-electron chi connectivity index (χ3n) is 1.29. The molecule has 0 aromatic carbocycles. The summed E-state index contributed by atoms with van der Waals surface area (Å²) in [5, 5.41) is 7.38. The van der Waals surface area contributed by atoms with Gasteiger partial charge in [0.2, 0.25) is 0 Å². The Hall–Kier alpha value is -1.57. The smallest absolute Gasteiger partial charge is 0.0769 e. The molecule has 56 valence electrons. The van der Waals surface area contributed by atoms with Crippen LogP contribution in [0.15, 0.2) is 48.2 Å². The summed E-state index contributed by atoms with van der Waals surface area (Å²) in [5.41, 5.74) is 6.36. The highest BCUT2D eigenvalue weighted by molar-refractivity contribution is 6.05. The van der Waals surface area contributed by atoms with Crippen molar-refractivity contribution in [3.63, 3.8) is 0 Å². The summed E-state index contributed by atoms with van der Waals surface area (Å²) in [6.07, 6.45) is 12.6. The van der Waals surface area contributed by atoms with E-state index in [2.05, 4.69) is 0 Å². The summed E-state index contributed by atoms with van der Waals surface area (Å²) in [6, 6.07) is 0. The first kappa shape index (κ1) is 7.54. The van der Waals surface area contributed by atoms with E-state index < -0.39 is 0 Å². The number of hydrogen-bond acceptors (Lipinski definition) is 2. The molecule has 0 saturated carbocycles. The molecule has 0 bridgehead atoms. The molecule has 0 spiro atoms. The quantitative estimate of drug-likeness (QED) is 0.535. The predicted octanol–water partition coefficient (Wildman–Crippen LogP) is 1.53. The molecule has 1 aliphatic rings. The van der Waals surface area contributed by atoms with E-state index in [1.165, 1.54) is 0 Å². The molecule has 2 nitrogen and oxygen atoms in total. The molecule has 0 fully saturated rings. The van der Waals surface area contributed by atoms with E-state index in [1.54, 1.807) is 18.2 Å². The Morgan fingerprint density at radius 1 is 1.00 bits per heavy atom. The Morgan fingerprint density at radius 2 is 1.64 bits per heavy atom. The lowest BCUT2D eigenvalue weighted by Crippen LogP contribution is -2.06. The molecule has 0 aromatic rings. The Kier molecular flexibility index (Phi) is 2.44. The van der Waals surface area contributed by atoms with Gasteiger partial charge in [-0.25, -0.2) is 0 Å². The monoisotopic (exact) mass is 146 g/mol. The zero-order chi connectivity index (χ0) is 8.10. The fourth-order valence-electron chi connectivity index (χ4n) is 0.689. The number of allylic oxidation sites excluding steroid dienone is 7. The van der Waals surface area contributed by atoms with Crippen LogP contribution in [0.2, 0.25) is 0 Å². The molecule has 11 heavy (non-hydrogen) atoms. The van der Waals surface area contributed by atoms with E-state index >= 15 is 0 Å². The lowest BCUT2D eigenvalue weighted by Gasteiger charge is -1.93. The minimum Gasteiger partial charge on any atom is -0.397 e. The van der Waals surface area contributed by atoms with Crippen molar-refractivity contribution in [1.29, 1.82) is 5.41 Å². The molecule has 0 heterocycles.